The Morgan fingerprint density at radius 1 is 0.950 bits per heavy atom. The van der Waals surface area contributed by atoms with Crippen LogP contribution in [0.4, 0.5) is 32.0 Å². The largest absolute Gasteiger partial charge is 0.457 e. The quantitative estimate of drug-likeness (QED) is 0.256. The molecular formula is C27H17F6N5O2. The van der Waals surface area contributed by atoms with Crippen molar-refractivity contribution in [2.45, 2.75) is 19.1 Å². The topological polar surface area (TPSA) is 95.9 Å². The van der Waals surface area contributed by atoms with Gasteiger partial charge in [0.25, 0.3) is 5.56 Å². The standard InChI is InChI=1S/C27H17F6N5O2/c1-13(23-19(29)7-14(28)8-20(23)30)38-12-37-26(39)18-9-16(5-6-21(18)38)40-22-4-2-3-17(24(22)27(31,32)33)25-35-10-15(34)11-36-25/h2-13H,34H2,1H3. The van der Waals surface area contributed by atoms with Crippen molar-refractivity contribution in [3.63, 3.8) is 0 Å². The zero-order valence-corrected chi connectivity index (χ0v) is 20.4. The van der Waals surface area contributed by atoms with Gasteiger partial charge in [0.2, 0.25) is 0 Å². The first kappa shape index (κ1) is 26.7. The summed E-state index contributed by atoms with van der Waals surface area (Å²) in [4.78, 5) is 24.1. The zero-order valence-electron chi connectivity index (χ0n) is 20.4. The molecule has 204 valence electrons. The summed E-state index contributed by atoms with van der Waals surface area (Å²) < 4.78 is 91.7. The lowest BCUT2D eigenvalue weighted by molar-refractivity contribution is -0.138. The molecule has 0 radical (unpaired) electrons. The number of ether oxygens (including phenoxy) is 1. The van der Waals surface area contributed by atoms with Gasteiger partial charge in [-0.15, -0.1) is 0 Å². The number of hydrogen-bond acceptors (Lipinski definition) is 6. The Kier molecular flexibility index (Phi) is 6.65. The maximum absolute atomic E-state index is 14.4. The van der Waals surface area contributed by atoms with Gasteiger partial charge in [-0.25, -0.2) is 23.1 Å². The van der Waals surface area contributed by atoms with Crippen LogP contribution in [0, 0.1) is 17.5 Å². The summed E-state index contributed by atoms with van der Waals surface area (Å²) >= 11 is 0. The molecule has 0 aliphatic carbocycles. The molecule has 5 rings (SSSR count). The van der Waals surface area contributed by atoms with E-state index in [1.807, 2.05) is 0 Å². The maximum atomic E-state index is 14.4. The van der Waals surface area contributed by atoms with Crippen LogP contribution in [0.1, 0.15) is 24.1 Å². The van der Waals surface area contributed by atoms with E-state index >= 15 is 0 Å². The number of anilines is 1. The van der Waals surface area contributed by atoms with Crippen LogP contribution in [0.5, 0.6) is 11.5 Å². The zero-order chi connectivity index (χ0) is 28.8. The fourth-order valence-electron chi connectivity index (χ4n) is 4.32. The van der Waals surface area contributed by atoms with Crippen molar-refractivity contribution < 1.29 is 31.1 Å². The number of halogens is 6. The molecule has 0 bridgehead atoms. The molecule has 3 aromatic carbocycles. The van der Waals surface area contributed by atoms with Crippen molar-refractivity contribution in [3.8, 4) is 22.9 Å². The molecule has 40 heavy (non-hydrogen) atoms. The van der Waals surface area contributed by atoms with Crippen LogP contribution >= 0.6 is 0 Å². The second-order valence-electron chi connectivity index (χ2n) is 8.71. The SMILES string of the molecule is CC(c1c(F)cc(F)cc1F)n1cnc(=O)c2cc(Oc3cccc(-c4ncc(N)cn4)c3C(F)(F)F)ccc21. The molecule has 13 heteroatoms. The third kappa shape index (κ3) is 4.93. The Balaban J connectivity index is 1.59. The van der Waals surface area contributed by atoms with Gasteiger partial charge >= 0.3 is 6.18 Å². The average molecular weight is 557 g/mol. The van der Waals surface area contributed by atoms with Crippen molar-refractivity contribution in [1.82, 2.24) is 19.5 Å². The summed E-state index contributed by atoms with van der Waals surface area (Å²) in [7, 11) is 0. The highest BCUT2D eigenvalue weighted by molar-refractivity contribution is 5.80. The Morgan fingerprint density at radius 3 is 2.27 bits per heavy atom. The summed E-state index contributed by atoms with van der Waals surface area (Å²) in [6.45, 7) is 1.41. The van der Waals surface area contributed by atoms with Crippen LogP contribution in [0.15, 0.2) is 72.0 Å². The average Bonchev–Trinajstić information content (AvgIpc) is 2.88. The predicted molar refractivity (Wildman–Crippen MR) is 133 cm³/mol. The normalized spacial score (nSPS) is 12.5. The molecule has 0 spiro atoms. The van der Waals surface area contributed by atoms with Gasteiger partial charge in [0, 0.05) is 23.3 Å². The van der Waals surface area contributed by atoms with Crippen LogP contribution in [0.2, 0.25) is 0 Å². The highest BCUT2D eigenvalue weighted by Gasteiger charge is 2.38. The van der Waals surface area contributed by atoms with E-state index in [-0.39, 0.29) is 33.7 Å². The van der Waals surface area contributed by atoms with Gasteiger partial charge < -0.3 is 15.0 Å². The molecule has 7 nitrogen and oxygen atoms in total. The molecule has 0 saturated heterocycles. The number of nitrogen functional groups attached to an aromatic ring is 1. The van der Waals surface area contributed by atoms with Crippen molar-refractivity contribution in [3.05, 3.63) is 106 Å². The summed E-state index contributed by atoms with van der Waals surface area (Å²) in [5.74, 6) is -4.33. The number of nitrogens with two attached hydrogens (primary N) is 1. The van der Waals surface area contributed by atoms with E-state index in [0.717, 1.165) is 18.5 Å². The van der Waals surface area contributed by atoms with Crippen LogP contribution in [0.25, 0.3) is 22.3 Å². The minimum atomic E-state index is -4.87. The Hall–Kier alpha value is -4.94. The number of aromatic nitrogens is 4. The number of nitrogens with zero attached hydrogens (tertiary/aromatic N) is 4. The fraction of sp³-hybridized carbons (Fsp3) is 0.111. The lowest BCUT2D eigenvalue weighted by Gasteiger charge is -2.20. The lowest BCUT2D eigenvalue weighted by Crippen LogP contribution is -2.18. The Labute approximate surface area is 221 Å². The van der Waals surface area contributed by atoms with Crippen LogP contribution in [-0.4, -0.2) is 19.5 Å². The van der Waals surface area contributed by atoms with Gasteiger partial charge in [-0.1, -0.05) is 12.1 Å². The van der Waals surface area contributed by atoms with E-state index in [1.165, 1.54) is 48.1 Å². The molecule has 0 aliphatic rings. The predicted octanol–water partition coefficient (Wildman–Crippen LogP) is 6.27. The minimum Gasteiger partial charge on any atom is -0.457 e. The maximum Gasteiger partial charge on any atom is 0.420 e. The van der Waals surface area contributed by atoms with E-state index in [0.29, 0.717) is 12.1 Å². The lowest BCUT2D eigenvalue weighted by atomic mass is 10.0. The number of benzene rings is 3. The molecule has 1 unspecified atom stereocenters. The van der Waals surface area contributed by atoms with Crippen molar-refractivity contribution in [1.29, 1.82) is 0 Å². The van der Waals surface area contributed by atoms with E-state index in [2.05, 4.69) is 15.0 Å². The molecule has 0 aliphatic heterocycles. The Bertz CT molecular complexity index is 1780. The fourth-order valence-corrected chi connectivity index (χ4v) is 4.32. The minimum absolute atomic E-state index is 0.0960. The van der Waals surface area contributed by atoms with Crippen LogP contribution in [0.3, 0.4) is 0 Å². The third-order valence-electron chi connectivity index (χ3n) is 6.11. The summed E-state index contributed by atoms with van der Waals surface area (Å²) in [5.41, 5.74) is 3.13. The van der Waals surface area contributed by atoms with E-state index in [1.54, 1.807) is 0 Å². The third-order valence-corrected chi connectivity index (χ3v) is 6.11. The molecular weight excluding hydrogens is 540 g/mol. The van der Waals surface area contributed by atoms with Gasteiger partial charge in [-0.3, -0.25) is 4.79 Å². The smallest absolute Gasteiger partial charge is 0.420 e. The van der Waals surface area contributed by atoms with Crippen molar-refractivity contribution in [2.75, 3.05) is 5.73 Å². The first-order valence-electron chi connectivity index (χ1n) is 11.6. The number of fused-ring (bicyclic) bond motifs is 1. The van der Waals surface area contributed by atoms with Gasteiger partial charge in [0.1, 0.15) is 34.5 Å². The number of rotatable bonds is 5. The molecule has 1 atom stereocenters. The van der Waals surface area contributed by atoms with Gasteiger partial charge in [-0.2, -0.15) is 18.2 Å². The first-order chi connectivity index (χ1) is 18.9. The first-order valence-corrected chi connectivity index (χ1v) is 11.6. The summed E-state index contributed by atoms with van der Waals surface area (Å²) in [6.07, 6.45) is -1.47. The summed E-state index contributed by atoms with van der Waals surface area (Å²) in [6, 6.07) is 7.37. The molecule has 0 saturated carbocycles. The van der Waals surface area contributed by atoms with Crippen LogP contribution < -0.4 is 16.0 Å². The Morgan fingerprint density at radius 2 is 1.62 bits per heavy atom. The highest BCUT2D eigenvalue weighted by Crippen LogP contribution is 2.43. The van der Waals surface area contributed by atoms with Gasteiger partial charge in [0.15, 0.2) is 5.82 Å². The summed E-state index contributed by atoms with van der Waals surface area (Å²) in [5, 5.41) is -0.0960. The van der Waals surface area contributed by atoms with Crippen molar-refractivity contribution in [2.24, 2.45) is 0 Å². The van der Waals surface area contributed by atoms with E-state index in [9.17, 15) is 31.1 Å². The highest BCUT2D eigenvalue weighted by atomic mass is 19.4. The molecule has 2 aromatic heterocycles. The van der Waals surface area contributed by atoms with E-state index in [4.69, 9.17) is 10.5 Å². The van der Waals surface area contributed by atoms with Crippen molar-refractivity contribution >= 4 is 16.6 Å². The van der Waals surface area contributed by atoms with Gasteiger partial charge in [-0.05, 0) is 31.2 Å². The van der Waals surface area contributed by atoms with Crippen LogP contribution in [-0.2, 0) is 6.18 Å². The molecule has 0 amide bonds. The second-order valence-corrected chi connectivity index (χ2v) is 8.71. The number of hydrogen-bond donors (Lipinski definition) is 1. The number of alkyl halides is 3. The monoisotopic (exact) mass is 557 g/mol. The molecule has 0 fully saturated rings. The molecule has 2 N–H and O–H groups in total. The van der Waals surface area contributed by atoms with E-state index < -0.39 is 52.1 Å². The second kappa shape index (κ2) is 9.98. The molecule has 5 aromatic rings. The van der Waals surface area contributed by atoms with Gasteiger partial charge in [0.05, 0.1) is 41.4 Å². The molecule has 2 heterocycles.